The molecule has 0 saturated carbocycles. The van der Waals surface area contributed by atoms with Crippen LogP contribution in [0.15, 0.2) is 17.6 Å². The molecule has 1 aliphatic heterocycles. The Hall–Kier alpha value is -1.57. The van der Waals surface area contributed by atoms with Gasteiger partial charge in [0, 0.05) is 25.6 Å². The standard InChI is InChI=1S/C13H24N4O3S/c1-3-7-15-13(14-4-2)16-8-5-12(18)17-11-6-9-21(19,20)10-11/h3,11H,1,4-10H2,2H3,(H,17,18)(H2,14,15,16). The van der Waals surface area contributed by atoms with Crippen molar-refractivity contribution in [3.05, 3.63) is 12.7 Å². The Balaban J connectivity index is 2.32. The Morgan fingerprint density at radius 2 is 2.19 bits per heavy atom. The predicted octanol–water partition coefficient (Wildman–Crippen LogP) is -0.579. The van der Waals surface area contributed by atoms with Crippen LogP contribution in [0, 0.1) is 0 Å². The summed E-state index contributed by atoms with van der Waals surface area (Å²) in [4.78, 5) is 16.0. The Kier molecular flexibility index (Phi) is 7.21. The molecular weight excluding hydrogens is 292 g/mol. The van der Waals surface area contributed by atoms with Gasteiger partial charge >= 0.3 is 0 Å². The van der Waals surface area contributed by atoms with Crippen molar-refractivity contribution in [3.8, 4) is 0 Å². The van der Waals surface area contributed by atoms with E-state index in [1.165, 1.54) is 0 Å². The zero-order valence-electron chi connectivity index (χ0n) is 12.4. The molecule has 0 bridgehead atoms. The number of carbonyl (C=O) groups excluding carboxylic acids is 1. The van der Waals surface area contributed by atoms with Gasteiger partial charge < -0.3 is 16.0 Å². The fourth-order valence-corrected chi connectivity index (χ4v) is 3.66. The lowest BCUT2D eigenvalue weighted by Crippen LogP contribution is -2.38. The average molecular weight is 316 g/mol. The molecule has 120 valence electrons. The monoisotopic (exact) mass is 316 g/mol. The van der Waals surface area contributed by atoms with Crippen LogP contribution in [0.3, 0.4) is 0 Å². The minimum Gasteiger partial charge on any atom is -0.357 e. The highest BCUT2D eigenvalue weighted by Crippen LogP contribution is 2.11. The third-order valence-corrected chi connectivity index (χ3v) is 4.73. The van der Waals surface area contributed by atoms with Crippen LogP contribution in [-0.4, -0.2) is 57.5 Å². The summed E-state index contributed by atoms with van der Waals surface area (Å²) >= 11 is 0. The summed E-state index contributed by atoms with van der Waals surface area (Å²) in [5, 5.41) is 8.83. The van der Waals surface area contributed by atoms with E-state index in [1.54, 1.807) is 6.08 Å². The first-order valence-electron chi connectivity index (χ1n) is 7.09. The molecule has 1 rings (SSSR count). The normalized spacial score (nSPS) is 20.8. The molecule has 0 aromatic carbocycles. The van der Waals surface area contributed by atoms with Gasteiger partial charge in [0.2, 0.25) is 5.91 Å². The molecule has 8 heteroatoms. The Morgan fingerprint density at radius 3 is 2.76 bits per heavy atom. The van der Waals surface area contributed by atoms with E-state index < -0.39 is 9.84 Å². The molecule has 1 saturated heterocycles. The van der Waals surface area contributed by atoms with Gasteiger partial charge in [0.05, 0.1) is 18.1 Å². The molecule has 0 aromatic rings. The Labute approximate surface area is 126 Å². The topological polar surface area (TPSA) is 99.7 Å². The van der Waals surface area contributed by atoms with Gasteiger partial charge in [0.1, 0.15) is 0 Å². The number of amides is 1. The number of guanidine groups is 1. The highest BCUT2D eigenvalue weighted by Gasteiger charge is 2.28. The largest absolute Gasteiger partial charge is 0.357 e. The summed E-state index contributed by atoms with van der Waals surface area (Å²) in [5.74, 6) is 0.673. The Morgan fingerprint density at radius 1 is 1.43 bits per heavy atom. The highest BCUT2D eigenvalue weighted by molar-refractivity contribution is 7.91. The van der Waals surface area contributed by atoms with Crippen LogP contribution in [0.1, 0.15) is 19.8 Å². The SMILES string of the molecule is C=CCNC(=NCCC(=O)NC1CCS(=O)(=O)C1)NCC. The zero-order valence-corrected chi connectivity index (χ0v) is 13.2. The number of nitrogens with one attached hydrogen (secondary N) is 3. The van der Waals surface area contributed by atoms with E-state index in [9.17, 15) is 13.2 Å². The van der Waals surface area contributed by atoms with Crippen molar-refractivity contribution in [2.45, 2.75) is 25.8 Å². The maximum atomic E-state index is 11.7. The molecule has 1 atom stereocenters. The number of carbonyl (C=O) groups is 1. The summed E-state index contributed by atoms with van der Waals surface area (Å²) in [6.45, 7) is 7.24. The third kappa shape index (κ3) is 7.12. The van der Waals surface area contributed by atoms with Crippen molar-refractivity contribution in [3.63, 3.8) is 0 Å². The molecule has 0 aliphatic carbocycles. The van der Waals surface area contributed by atoms with E-state index in [-0.39, 0.29) is 29.9 Å². The summed E-state index contributed by atoms with van der Waals surface area (Å²) in [6, 6.07) is -0.251. The van der Waals surface area contributed by atoms with Crippen LogP contribution < -0.4 is 16.0 Å². The second kappa shape index (κ2) is 8.66. The quantitative estimate of drug-likeness (QED) is 0.331. The number of hydrogen-bond donors (Lipinski definition) is 3. The fraction of sp³-hybridized carbons (Fsp3) is 0.692. The summed E-state index contributed by atoms with van der Waals surface area (Å²) in [6.07, 6.45) is 2.46. The van der Waals surface area contributed by atoms with E-state index in [1.807, 2.05) is 6.92 Å². The summed E-state index contributed by atoms with van der Waals surface area (Å²) < 4.78 is 22.6. The van der Waals surface area contributed by atoms with Crippen molar-refractivity contribution >= 4 is 21.7 Å². The first-order valence-corrected chi connectivity index (χ1v) is 8.92. The molecule has 1 heterocycles. The molecule has 1 amide bonds. The van der Waals surface area contributed by atoms with E-state index >= 15 is 0 Å². The van der Waals surface area contributed by atoms with Crippen molar-refractivity contribution < 1.29 is 13.2 Å². The molecule has 1 aliphatic rings. The second-order valence-electron chi connectivity index (χ2n) is 4.85. The maximum Gasteiger partial charge on any atom is 0.222 e. The molecule has 1 fully saturated rings. The third-order valence-electron chi connectivity index (χ3n) is 2.96. The first kappa shape index (κ1) is 17.5. The van der Waals surface area contributed by atoms with Crippen molar-refractivity contribution in [2.75, 3.05) is 31.1 Å². The van der Waals surface area contributed by atoms with Gasteiger partial charge in [-0.1, -0.05) is 6.08 Å². The smallest absolute Gasteiger partial charge is 0.222 e. The molecule has 0 radical (unpaired) electrons. The van der Waals surface area contributed by atoms with Gasteiger partial charge in [-0.25, -0.2) is 8.42 Å². The average Bonchev–Trinajstić information content (AvgIpc) is 2.75. The molecule has 1 unspecified atom stereocenters. The molecule has 0 spiro atoms. The number of sulfone groups is 1. The first-order chi connectivity index (χ1) is 9.96. The van der Waals surface area contributed by atoms with Gasteiger partial charge in [-0.15, -0.1) is 6.58 Å². The summed E-state index contributed by atoms with van der Waals surface area (Å²) in [7, 11) is -2.96. The molecule has 0 aromatic heterocycles. The van der Waals surface area contributed by atoms with Crippen LogP contribution in [0.25, 0.3) is 0 Å². The Bertz CT molecular complexity index is 488. The van der Waals surface area contributed by atoms with Crippen molar-refractivity contribution in [2.24, 2.45) is 4.99 Å². The lowest BCUT2D eigenvalue weighted by molar-refractivity contribution is -0.121. The second-order valence-corrected chi connectivity index (χ2v) is 7.08. The van der Waals surface area contributed by atoms with Gasteiger partial charge in [-0.3, -0.25) is 9.79 Å². The minimum absolute atomic E-state index is 0.0472. The zero-order chi connectivity index (χ0) is 15.7. The number of aliphatic imine (C=N–C) groups is 1. The van der Waals surface area contributed by atoms with E-state index in [4.69, 9.17) is 0 Å². The highest BCUT2D eigenvalue weighted by atomic mass is 32.2. The van der Waals surface area contributed by atoms with Gasteiger partial charge in [-0.2, -0.15) is 0 Å². The van der Waals surface area contributed by atoms with Crippen LogP contribution in [0.4, 0.5) is 0 Å². The number of nitrogens with zero attached hydrogens (tertiary/aromatic N) is 1. The van der Waals surface area contributed by atoms with E-state index in [2.05, 4.69) is 27.5 Å². The van der Waals surface area contributed by atoms with Gasteiger partial charge in [0.25, 0.3) is 0 Å². The van der Waals surface area contributed by atoms with Gasteiger partial charge in [0.15, 0.2) is 15.8 Å². The summed E-state index contributed by atoms with van der Waals surface area (Å²) in [5.41, 5.74) is 0. The lowest BCUT2D eigenvalue weighted by Gasteiger charge is -2.11. The molecule has 3 N–H and O–H groups in total. The van der Waals surface area contributed by atoms with Crippen molar-refractivity contribution in [1.29, 1.82) is 0 Å². The minimum atomic E-state index is -2.96. The molecular formula is C13H24N4O3S. The number of rotatable bonds is 7. The van der Waals surface area contributed by atoms with Crippen LogP contribution >= 0.6 is 0 Å². The van der Waals surface area contributed by atoms with E-state index in [0.29, 0.717) is 25.5 Å². The van der Waals surface area contributed by atoms with Crippen LogP contribution in [0.5, 0.6) is 0 Å². The lowest BCUT2D eigenvalue weighted by atomic mass is 10.2. The van der Waals surface area contributed by atoms with Crippen LogP contribution in [-0.2, 0) is 14.6 Å². The fourth-order valence-electron chi connectivity index (χ4n) is 1.99. The van der Waals surface area contributed by atoms with Gasteiger partial charge in [-0.05, 0) is 13.3 Å². The van der Waals surface area contributed by atoms with Crippen molar-refractivity contribution in [1.82, 2.24) is 16.0 Å². The maximum absolute atomic E-state index is 11.7. The molecule has 7 nitrogen and oxygen atoms in total. The number of hydrogen-bond acceptors (Lipinski definition) is 4. The predicted molar refractivity (Wildman–Crippen MR) is 84.0 cm³/mol. The van der Waals surface area contributed by atoms with E-state index in [0.717, 1.165) is 6.54 Å². The molecule has 21 heavy (non-hydrogen) atoms. The van der Waals surface area contributed by atoms with Crippen LogP contribution in [0.2, 0.25) is 0 Å².